The number of anilines is 1. The highest BCUT2D eigenvalue weighted by atomic mass is 19.4. The monoisotopic (exact) mass is 406 g/mol. The average Bonchev–Trinajstić information content (AvgIpc) is 2.99. The average molecular weight is 406 g/mol. The van der Waals surface area contributed by atoms with Gasteiger partial charge in [-0.25, -0.2) is 9.67 Å². The molecule has 1 aromatic carbocycles. The predicted octanol–water partition coefficient (Wildman–Crippen LogP) is 2.53. The van der Waals surface area contributed by atoms with Crippen molar-refractivity contribution in [3.63, 3.8) is 0 Å². The summed E-state index contributed by atoms with van der Waals surface area (Å²) in [5.41, 5.74) is 8.81. The van der Waals surface area contributed by atoms with Gasteiger partial charge in [-0.3, -0.25) is 0 Å². The minimum Gasteiger partial charge on any atom is -0.406 e. The summed E-state index contributed by atoms with van der Waals surface area (Å²) < 4.78 is 42.7. The van der Waals surface area contributed by atoms with Crippen molar-refractivity contribution in [3.05, 3.63) is 42.2 Å². The van der Waals surface area contributed by atoms with Gasteiger partial charge in [-0.1, -0.05) is 0 Å². The molecule has 1 fully saturated rings. The molecule has 0 amide bonds. The highest BCUT2D eigenvalue weighted by Crippen LogP contribution is 2.33. The number of benzene rings is 1. The summed E-state index contributed by atoms with van der Waals surface area (Å²) in [6.07, 6.45) is -3.02. The van der Waals surface area contributed by atoms with Crippen LogP contribution in [0.4, 0.5) is 18.9 Å². The van der Waals surface area contributed by atoms with E-state index in [-0.39, 0.29) is 12.3 Å². The molecule has 2 aromatic heterocycles. The van der Waals surface area contributed by atoms with Crippen molar-refractivity contribution in [1.82, 2.24) is 19.7 Å². The molecule has 2 N–H and O–H groups in total. The van der Waals surface area contributed by atoms with Crippen LogP contribution in [0.25, 0.3) is 16.7 Å². The van der Waals surface area contributed by atoms with Crippen LogP contribution >= 0.6 is 0 Å². The van der Waals surface area contributed by atoms with Crippen molar-refractivity contribution in [3.8, 4) is 11.4 Å². The zero-order valence-electron chi connectivity index (χ0n) is 16.0. The van der Waals surface area contributed by atoms with Gasteiger partial charge in [0.1, 0.15) is 5.75 Å². The Morgan fingerprint density at radius 3 is 2.45 bits per heavy atom. The molecule has 3 heterocycles. The molecule has 0 radical (unpaired) electrons. The number of halogens is 3. The SMILES string of the molecule is CN(C)C1CN(c2ccnc3c2c(CN)nn3-c2ccc(OC(F)(F)F)cc2)C1. The van der Waals surface area contributed by atoms with Crippen molar-refractivity contribution < 1.29 is 17.9 Å². The molecule has 0 bridgehead atoms. The minimum absolute atomic E-state index is 0.225. The van der Waals surface area contributed by atoms with Gasteiger partial charge in [-0.2, -0.15) is 5.10 Å². The zero-order chi connectivity index (χ0) is 20.8. The van der Waals surface area contributed by atoms with Gasteiger partial charge in [-0.05, 0) is 44.4 Å². The van der Waals surface area contributed by atoms with Crippen LogP contribution in [0.2, 0.25) is 0 Å². The molecule has 4 rings (SSSR count). The number of ether oxygens (including phenoxy) is 1. The number of alkyl halides is 3. The first-order valence-corrected chi connectivity index (χ1v) is 9.11. The summed E-state index contributed by atoms with van der Waals surface area (Å²) in [5.74, 6) is -0.291. The molecule has 0 aliphatic carbocycles. The maximum absolute atomic E-state index is 12.4. The number of nitrogens with two attached hydrogens (primary N) is 1. The molecule has 10 heteroatoms. The number of rotatable bonds is 5. The van der Waals surface area contributed by atoms with Crippen LogP contribution in [0.5, 0.6) is 5.75 Å². The van der Waals surface area contributed by atoms with Crippen molar-refractivity contribution in [2.75, 3.05) is 32.1 Å². The number of hydrogen-bond donors (Lipinski definition) is 1. The van der Waals surface area contributed by atoms with Crippen LogP contribution in [0.15, 0.2) is 36.5 Å². The largest absolute Gasteiger partial charge is 0.573 e. The van der Waals surface area contributed by atoms with Gasteiger partial charge in [0.05, 0.1) is 22.5 Å². The normalized spacial score (nSPS) is 15.2. The topological polar surface area (TPSA) is 72.4 Å². The molecular weight excluding hydrogens is 385 g/mol. The zero-order valence-corrected chi connectivity index (χ0v) is 16.0. The number of fused-ring (bicyclic) bond motifs is 1. The third-order valence-corrected chi connectivity index (χ3v) is 5.06. The first kappa shape index (κ1) is 19.5. The van der Waals surface area contributed by atoms with Crippen molar-refractivity contribution in [2.45, 2.75) is 18.9 Å². The first-order chi connectivity index (χ1) is 13.8. The minimum atomic E-state index is -4.73. The Labute approximate surface area is 165 Å². The van der Waals surface area contributed by atoms with Gasteiger partial charge < -0.3 is 20.3 Å². The highest BCUT2D eigenvalue weighted by molar-refractivity contribution is 5.93. The lowest BCUT2D eigenvalue weighted by Gasteiger charge is -2.44. The Bertz CT molecular complexity index is 1010. The first-order valence-electron chi connectivity index (χ1n) is 9.11. The summed E-state index contributed by atoms with van der Waals surface area (Å²) in [7, 11) is 4.11. The van der Waals surface area contributed by atoms with E-state index in [1.54, 1.807) is 10.9 Å². The standard InChI is InChI=1S/C19H21F3N6O/c1-26(2)13-10-27(11-13)16-7-8-24-18-17(16)15(9-23)25-28(18)12-3-5-14(6-4-12)29-19(20,21)22/h3-8,13H,9-11,23H2,1-2H3. The van der Waals surface area contributed by atoms with E-state index in [1.807, 2.05) is 6.07 Å². The van der Waals surface area contributed by atoms with Crippen molar-refractivity contribution >= 4 is 16.7 Å². The van der Waals surface area contributed by atoms with Crippen molar-refractivity contribution in [1.29, 1.82) is 0 Å². The van der Waals surface area contributed by atoms with E-state index in [0.29, 0.717) is 23.1 Å². The Hall–Kier alpha value is -2.85. The molecule has 29 heavy (non-hydrogen) atoms. The molecule has 1 aliphatic heterocycles. The molecule has 7 nitrogen and oxygen atoms in total. The number of likely N-dealkylation sites (N-methyl/N-ethyl adjacent to an activating group) is 1. The predicted molar refractivity (Wildman–Crippen MR) is 103 cm³/mol. The van der Waals surface area contributed by atoms with Crippen molar-refractivity contribution in [2.24, 2.45) is 5.73 Å². The van der Waals surface area contributed by atoms with E-state index in [2.05, 4.69) is 38.7 Å². The summed E-state index contributed by atoms with van der Waals surface area (Å²) in [6, 6.07) is 7.94. The van der Waals surface area contributed by atoms with Crippen LogP contribution in [0, 0.1) is 0 Å². The number of hydrogen-bond acceptors (Lipinski definition) is 6. The number of nitrogens with zero attached hydrogens (tertiary/aromatic N) is 5. The van der Waals surface area contributed by atoms with Crippen LogP contribution < -0.4 is 15.4 Å². The van der Waals surface area contributed by atoms with Gasteiger partial charge in [0.2, 0.25) is 0 Å². The van der Waals surface area contributed by atoms with Crippen LogP contribution in [0.3, 0.4) is 0 Å². The molecule has 3 aromatic rings. The van der Waals surface area contributed by atoms with Gasteiger partial charge in [0.15, 0.2) is 5.65 Å². The maximum Gasteiger partial charge on any atom is 0.573 e. The molecule has 0 saturated carbocycles. The molecule has 1 aliphatic rings. The molecule has 1 saturated heterocycles. The highest BCUT2D eigenvalue weighted by Gasteiger charge is 2.32. The fourth-order valence-electron chi connectivity index (χ4n) is 3.45. The molecule has 154 valence electrons. The Kier molecular flexibility index (Phi) is 4.83. The van der Waals surface area contributed by atoms with Crippen LogP contribution in [-0.2, 0) is 6.54 Å². The second kappa shape index (κ2) is 7.20. The maximum atomic E-state index is 12.4. The number of aromatic nitrogens is 3. The van der Waals surface area contributed by atoms with E-state index >= 15 is 0 Å². The Morgan fingerprint density at radius 2 is 1.86 bits per heavy atom. The third-order valence-electron chi connectivity index (χ3n) is 5.06. The summed E-state index contributed by atoms with van der Waals surface area (Å²) in [6.45, 7) is 2.01. The molecule has 0 atom stereocenters. The molecule has 0 unspecified atom stereocenters. The lowest BCUT2D eigenvalue weighted by molar-refractivity contribution is -0.274. The van der Waals surface area contributed by atoms with Gasteiger partial charge in [0.25, 0.3) is 0 Å². The van der Waals surface area contributed by atoms with E-state index in [9.17, 15) is 13.2 Å². The smallest absolute Gasteiger partial charge is 0.406 e. The van der Waals surface area contributed by atoms with Crippen LogP contribution in [-0.4, -0.2) is 59.3 Å². The van der Waals surface area contributed by atoms with Gasteiger partial charge >= 0.3 is 6.36 Å². The van der Waals surface area contributed by atoms with E-state index < -0.39 is 6.36 Å². The van der Waals surface area contributed by atoms with Gasteiger partial charge in [-0.15, -0.1) is 13.2 Å². The second-order valence-corrected chi connectivity index (χ2v) is 7.16. The Balaban J connectivity index is 1.71. The van der Waals surface area contributed by atoms with Gasteiger partial charge in [0, 0.05) is 31.9 Å². The van der Waals surface area contributed by atoms with E-state index in [4.69, 9.17) is 5.73 Å². The lowest BCUT2D eigenvalue weighted by atomic mass is 10.1. The second-order valence-electron chi connectivity index (χ2n) is 7.16. The number of pyridine rings is 1. The summed E-state index contributed by atoms with van der Waals surface area (Å²) in [4.78, 5) is 8.90. The summed E-state index contributed by atoms with van der Waals surface area (Å²) >= 11 is 0. The fourth-order valence-corrected chi connectivity index (χ4v) is 3.45. The molecular formula is C19H21F3N6O. The fraction of sp³-hybridized carbons (Fsp3) is 0.368. The third kappa shape index (κ3) is 3.73. The molecule has 0 spiro atoms. The van der Waals surface area contributed by atoms with Crippen LogP contribution in [0.1, 0.15) is 5.69 Å². The van der Waals surface area contributed by atoms with E-state index in [1.165, 1.54) is 24.3 Å². The lowest BCUT2D eigenvalue weighted by Crippen LogP contribution is -2.57. The van der Waals surface area contributed by atoms with E-state index in [0.717, 1.165) is 24.2 Å². The Morgan fingerprint density at radius 1 is 1.17 bits per heavy atom. The quantitative estimate of drug-likeness (QED) is 0.702. The summed E-state index contributed by atoms with van der Waals surface area (Å²) in [5, 5.41) is 5.43.